The van der Waals surface area contributed by atoms with Crippen LogP contribution in [0.4, 0.5) is 0 Å². The highest BCUT2D eigenvalue weighted by atomic mass is 15.0. The second kappa shape index (κ2) is 4.09. The maximum absolute atomic E-state index is 4.15. The number of aromatic nitrogens is 1. The maximum Gasteiger partial charge on any atom is 0.0303 e. The first kappa shape index (κ1) is 9.66. The molecule has 0 bridgehead atoms. The summed E-state index contributed by atoms with van der Waals surface area (Å²) in [5.41, 5.74) is 1.38. The average Bonchev–Trinajstić information content (AvgIpc) is 2.98. The summed E-state index contributed by atoms with van der Waals surface area (Å²) in [6.45, 7) is 4.47. The first-order valence-corrected chi connectivity index (χ1v) is 5.47. The topological polar surface area (TPSA) is 24.9 Å². The smallest absolute Gasteiger partial charge is 0.0303 e. The molecule has 2 nitrogen and oxygen atoms in total. The van der Waals surface area contributed by atoms with Crippen LogP contribution in [0.2, 0.25) is 0 Å². The minimum Gasteiger partial charge on any atom is -0.311 e. The summed E-state index contributed by atoms with van der Waals surface area (Å²) in [4.78, 5) is 4.15. The monoisotopic (exact) mass is 190 g/mol. The van der Waals surface area contributed by atoms with Gasteiger partial charge in [-0.25, -0.2) is 0 Å². The molecule has 0 saturated heterocycles. The molecule has 1 saturated carbocycles. The summed E-state index contributed by atoms with van der Waals surface area (Å²) in [7, 11) is 0. The van der Waals surface area contributed by atoms with Crippen LogP contribution in [0.15, 0.2) is 24.5 Å². The van der Waals surface area contributed by atoms with E-state index in [0.717, 1.165) is 0 Å². The Balaban J connectivity index is 1.87. The van der Waals surface area contributed by atoms with Gasteiger partial charge in [0, 0.05) is 30.4 Å². The van der Waals surface area contributed by atoms with Crippen LogP contribution < -0.4 is 5.32 Å². The van der Waals surface area contributed by atoms with Gasteiger partial charge >= 0.3 is 0 Å². The highest BCUT2D eigenvalue weighted by molar-refractivity contribution is 5.24. The minimum atomic E-state index is 0.640. The highest BCUT2D eigenvalue weighted by Crippen LogP contribution is 2.40. The molecule has 0 aliphatic heterocycles. The third-order valence-electron chi connectivity index (χ3n) is 3.01. The predicted octanol–water partition coefficient (Wildman–Crippen LogP) is 2.33. The van der Waals surface area contributed by atoms with E-state index in [1.54, 1.807) is 0 Å². The molecule has 0 aromatic carbocycles. The van der Waals surface area contributed by atoms with Crippen molar-refractivity contribution in [2.45, 2.75) is 44.7 Å². The van der Waals surface area contributed by atoms with E-state index in [2.05, 4.69) is 30.2 Å². The van der Waals surface area contributed by atoms with Crippen LogP contribution in [-0.2, 0) is 0 Å². The summed E-state index contributed by atoms with van der Waals surface area (Å²) in [5, 5.41) is 3.62. The Morgan fingerprint density at radius 3 is 3.14 bits per heavy atom. The van der Waals surface area contributed by atoms with Gasteiger partial charge in [-0.05, 0) is 31.4 Å². The molecule has 1 N–H and O–H groups in total. The normalized spacial score (nSPS) is 27.3. The van der Waals surface area contributed by atoms with Crippen molar-refractivity contribution in [2.75, 3.05) is 0 Å². The first-order chi connectivity index (χ1) is 6.81. The zero-order chi connectivity index (χ0) is 9.97. The van der Waals surface area contributed by atoms with E-state index in [1.807, 2.05) is 18.5 Å². The number of nitrogens with zero attached hydrogens (tertiary/aromatic N) is 1. The van der Waals surface area contributed by atoms with Crippen molar-refractivity contribution in [3.8, 4) is 0 Å². The number of nitrogens with one attached hydrogen (secondary N) is 1. The van der Waals surface area contributed by atoms with Gasteiger partial charge in [0.15, 0.2) is 0 Å². The van der Waals surface area contributed by atoms with Gasteiger partial charge in [0.1, 0.15) is 0 Å². The van der Waals surface area contributed by atoms with Crippen LogP contribution in [0.5, 0.6) is 0 Å². The highest BCUT2D eigenvalue weighted by Gasteiger charge is 2.38. The van der Waals surface area contributed by atoms with Crippen LogP contribution in [0.1, 0.15) is 38.2 Å². The van der Waals surface area contributed by atoms with E-state index in [0.29, 0.717) is 18.0 Å². The molecule has 3 unspecified atom stereocenters. The van der Waals surface area contributed by atoms with Gasteiger partial charge in [0.05, 0.1) is 0 Å². The lowest BCUT2D eigenvalue weighted by Gasteiger charge is -2.10. The zero-order valence-electron chi connectivity index (χ0n) is 8.90. The van der Waals surface area contributed by atoms with E-state index >= 15 is 0 Å². The first-order valence-electron chi connectivity index (χ1n) is 5.47. The molecule has 1 aromatic rings. The largest absolute Gasteiger partial charge is 0.311 e. The third-order valence-corrected chi connectivity index (χ3v) is 3.01. The number of rotatable bonds is 4. The summed E-state index contributed by atoms with van der Waals surface area (Å²) in [6.07, 6.45) is 6.30. The average molecular weight is 190 g/mol. The fourth-order valence-electron chi connectivity index (χ4n) is 1.83. The number of hydrogen-bond donors (Lipinski definition) is 1. The molecule has 0 spiro atoms. The van der Waals surface area contributed by atoms with E-state index in [9.17, 15) is 0 Å². The fraction of sp³-hybridized carbons (Fsp3) is 0.583. The summed E-state index contributed by atoms with van der Waals surface area (Å²) in [5.74, 6) is 0.706. The minimum absolute atomic E-state index is 0.640. The standard InChI is InChI=1S/C12H18N2/c1-3-9(2)14-12-7-11(12)10-5-4-6-13-8-10/h4-6,8-9,11-12,14H,3,7H2,1-2H3. The third kappa shape index (κ3) is 2.13. The quantitative estimate of drug-likeness (QED) is 0.788. The van der Waals surface area contributed by atoms with Crippen molar-refractivity contribution in [1.82, 2.24) is 10.3 Å². The molecule has 1 aliphatic carbocycles. The predicted molar refractivity (Wildman–Crippen MR) is 58.3 cm³/mol. The van der Waals surface area contributed by atoms with Gasteiger partial charge in [-0.1, -0.05) is 13.0 Å². The summed E-state index contributed by atoms with van der Waals surface area (Å²) >= 11 is 0. The van der Waals surface area contributed by atoms with Gasteiger partial charge in [-0.3, -0.25) is 4.98 Å². The second-order valence-corrected chi connectivity index (χ2v) is 4.21. The Labute approximate surface area is 85.7 Å². The SMILES string of the molecule is CCC(C)NC1CC1c1cccnc1. The number of hydrogen-bond acceptors (Lipinski definition) is 2. The lowest BCUT2D eigenvalue weighted by atomic mass is 10.2. The van der Waals surface area contributed by atoms with Gasteiger partial charge in [0.2, 0.25) is 0 Å². The molecule has 1 heterocycles. The van der Waals surface area contributed by atoms with Crippen LogP contribution >= 0.6 is 0 Å². The molecular weight excluding hydrogens is 172 g/mol. The summed E-state index contributed by atoms with van der Waals surface area (Å²) in [6, 6.07) is 5.53. The molecule has 1 aromatic heterocycles. The Hall–Kier alpha value is -0.890. The van der Waals surface area contributed by atoms with Gasteiger partial charge in [-0.15, -0.1) is 0 Å². The summed E-state index contributed by atoms with van der Waals surface area (Å²) < 4.78 is 0. The maximum atomic E-state index is 4.15. The molecule has 14 heavy (non-hydrogen) atoms. The zero-order valence-corrected chi connectivity index (χ0v) is 8.90. The molecule has 0 amide bonds. The van der Waals surface area contributed by atoms with Gasteiger partial charge in [0.25, 0.3) is 0 Å². The lowest BCUT2D eigenvalue weighted by Crippen LogP contribution is -2.28. The van der Waals surface area contributed by atoms with Crippen molar-refractivity contribution >= 4 is 0 Å². The molecular formula is C12H18N2. The molecule has 2 heteroatoms. The Kier molecular flexibility index (Phi) is 2.82. The van der Waals surface area contributed by atoms with Crippen molar-refractivity contribution in [1.29, 1.82) is 0 Å². The van der Waals surface area contributed by atoms with Crippen molar-refractivity contribution < 1.29 is 0 Å². The molecule has 1 fully saturated rings. The Morgan fingerprint density at radius 1 is 1.64 bits per heavy atom. The molecule has 2 rings (SSSR count). The van der Waals surface area contributed by atoms with Crippen LogP contribution in [-0.4, -0.2) is 17.1 Å². The van der Waals surface area contributed by atoms with Crippen molar-refractivity contribution in [3.63, 3.8) is 0 Å². The molecule has 3 atom stereocenters. The molecule has 1 aliphatic rings. The van der Waals surface area contributed by atoms with E-state index in [4.69, 9.17) is 0 Å². The van der Waals surface area contributed by atoms with E-state index in [-0.39, 0.29) is 0 Å². The van der Waals surface area contributed by atoms with Gasteiger partial charge < -0.3 is 5.32 Å². The Morgan fingerprint density at radius 2 is 2.50 bits per heavy atom. The van der Waals surface area contributed by atoms with E-state index in [1.165, 1.54) is 18.4 Å². The lowest BCUT2D eigenvalue weighted by molar-refractivity contribution is 0.525. The van der Waals surface area contributed by atoms with Crippen LogP contribution in [0.3, 0.4) is 0 Å². The van der Waals surface area contributed by atoms with Crippen LogP contribution in [0.25, 0.3) is 0 Å². The Bertz CT molecular complexity index is 284. The second-order valence-electron chi connectivity index (χ2n) is 4.21. The van der Waals surface area contributed by atoms with Crippen LogP contribution in [0, 0.1) is 0 Å². The number of pyridine rings is 1. The molecule has 76 valence electrons. The van der Waals surface area contributed by atoms with Gasteiger partial charge in [-0.2, -0.15) is 0 Å². The van der Waals surface area contributed by atoms with Crippen molar-refractivity contribution in [2.24, 2.45) is 0 Å². The van der Waals surface area contributed by atoms with E-state index < -0.39 is 0 Å². The fourth-order valence-corrected chi connectivity index (χ4v) is 1.83. The van der Waals surface area contributed by atoms with Crippen molar-refractivity contribution in [3.05, 3.63) is 30.1 Å². The molecule has 0 radical (unpaired) electrons.